The molecular formula is C17H14BrFN2S. The fourth-order valence-electron chi connectivity index (χ4n) is 2.33. The zero-order valence-electron chi connectivity index (χ0n) is 11.7. The molecule has 3 aromatic rings. The number of hydrogen-bond donors (Lipinski definition) is 1. The molecule has 0 aliphatic rings. The summed E-state index contributed by atoms with van der Waals surface area (Å²) in [4.78, 5) is 5.23. The highest BCUT2D eigenvalue weighted by molar-refractivity contribution is 9.10. The summed E-state index contributed by atoms with van der Waals surface area (Å²) in [5.41, 5.74) is 3.81. The number of halogens is 2. The Morgan fingerprint density at radius 2 is 1.91 bits per heavy atom. The van der Waals surface area contributed by atoms with Crippen LogP contribution in [0.25, 0.3) is 0 Å². The molecule has 1 unspecified atom stereocenters. The summed E-state index contributed by atoms with van der Waals surface area (Å²) in [6.07, 6.45) is 1.85. The summed E-state index contributed by atoms with van der Waals surface area (Å²) >= 11 is 5.10. The molecule has 1 atom stereocenters. The molecule has 0 saturated heterocycles. The lowest BCUT2D eigenvalue weighted by molar-refractivity contribution is 0.592. The summed E-state index contributed by atoms with van der Waals surface area (Å²) in [5, 5.41) is 3.49. The molecule has 0 fully saturated rings. The van der Waals surface area contributed by atoms with E-state index in [2.05, 4.69) is 32.3 Å². The van der Waals surface area contributed by atoms with Gasteiger partial charge in [0.15, 0.2) is 0 Å². The van der Waals surface area contributed by atoms with E-state index in [9.17, 15) is 4.39 Å². The fourth-order valence-corrected chi connectivity index (χ4v) is 3.29. The van der Waals surface area contributed by atoms with Crippen molar-refractivity contribution in [2.24, 2.45) is 0 Å². The molecule has 3 rings (SSSR count). The maximum atomic E-state index is 13.6. The Morgan fingerprint density at radius 1 is 1.14 bits per heavy atom. The van der Waals surface area contributed by atoms with Gasteiger partial charge < -0.3 is 5.32 Å². The van der Waals surface area contributed by atoms with Crippen LogP contribution in [0, 0.1) is 5.82 Å². The smallest absolute Gasteiger partial charge is 0.123 e. The first-order valence-electron chi connectivity index (χ1n) is 6.84. The molecule has 2 nitrogen and oxygen atoms in total. The average molecular weight is 377 g/mol. The standard InChI is InChI=1S/C17H14BrFN2S/c18-14-5-1-3-12(7-14)17(13-4-2-6-15(19)8-13)21-10-16-9-20-11-22-16/h1-9,11,17,21H,10H2. The fraction of sp³-hybridized carbons (Fsp3) is 0.118. The predicted octanol–water partition coefficient (Wildman–Crippen LogP) is 4.92. The van der Waals surface area contributed by atoms with Gasteiger partial charge in [0.05, 0.1) is 11.6 Å². The number of hydrogen-bond acceptors (Lipinski definition) is 3. The minimum Gasteiger partial charge on any atom is -0.301 e. The van der Waals surface area contributed by atoms with E-state index in [1.54, 1.807) is 23.5 Å². The summed E-state index contributed by atoms with van der Waals surface area (Å²) in [6, 6.07) is 14.7. The zero-order valence-corrected chi connectivity index (χ0v) is 14.1. The van der Waals surface area contributed by atoms with Crippen LogP contribution in [0.2, 0.25) is 0 Å². The third-order valence-corrected chi connectivity index (χ3v) is 4.60. The van der Waals surface area contributed by atoms with Crippen LogP contribution in [0.1, 0.15) is 22.0 Å². The van der Waals surface area contributed by atoms with Gasteiger partial charge in [-0.25, -0.2) is 4.39 Å². The number of thiazole rings is 1. The maximum absolute atomic E-state index is 13.6. The highest BCUT2D eigenvalue weighted by atomic mass is 79.9. The molecule has 0 spiro atoms. The van der Waals surface area contributed by atoms with E-state index >= 15 is 0 Å². The third kappa shape index (κ3) is 3.80. The Hall–Kier alpha value is -1.56. The molecule has 1 aromatic heterocycles. The monoisotopic (exact) mass is 376 g/mol. The topological polar surface area (TPSA) is 24.9 Å². The summed E-state index contributed by atoms with van der Waals surface area (Å²) in [7, 11) is 0. The van der Waals surface area contributed by atoms with Crippen LogP contribution in [-0.2, 0) is 6.54 Å². The lowest BCUT2D eigenvalue weighted by atomic mass is 9.98. The van der Waals surface area contributed by atoms with Crippen LogP contribution in [0.3, 0.4) is 0 Å². The molecule has 1 N–H and O–H groups in total. The molecule has 0 amide bonds. The molecule has 2 aromatic carbocycles. The zero-order chi connectivity index (χ0) is 15.4. The van der Waals surface area contributed by atoms with Gasteiger partial charge in [0.2, 0.25) is 0 Å². The second-order valence-electron chi connectivity index (χ2n) is 4.89. The lowest BCUT2D eigenvalue weighted by Crippen LogP contribution is -2.21. The van der Waals surface area contributed by atoms with Crippen LogP contribution in [0.15, 0.2) is 64.7 Å². The van der Waals surface area contributed by atoms with Crippen molar-refractivity contribution in [1.29, 1.82) is 0 Å². The first kappa shape index (κ1) is 15.3. The van der Waals surface area contributed by atoms with Gasteiger partial charge in [-0.15, -0.1) is 11.3 Å². The highest BCUT2D eigenvalue weighted by Gasteiger charge is 2.15. The van der Waals surface area contributed by atoms with E-state index in [0.717, 1.165) is 20.5 Å². The van der Waals surface area contributed by atoms with Gasteiger partial charge in [0, 0.05) is 22.1 Å². The van der Waals surface area contributed by atoms with Crippen LogP contribution in [0.5, 0.6) is 0 Å². The number of nitrogens with zero attached hydrogens (tertiary/aromatic N) is 1. The Labute approximate surface area is 141 Å². The minimum absolute atomic E-state index is 0.0738. The van der Waals surface area contributed by atoms with Crippen molar-refractivity contribution in [1.82, 2.24) is 10.3 Å². The normalized spacial score (nSPS) is 12.3. The first-order chi connectivity index (χ1) is 10.7. The first-order valence-corrected chi connectivity index (χ1v) is 8.51. The van der Waals surface area contributed by atoms with E-state index < -0.39 is 0 Å². The largest absolute Gasteiger partial charge is 0.301 e. The Kier molecular flexibility index (Phi) is 4.97. The number of benzene rings is 2. The van der Waals surface area contributed by atoms with Crippen molar-refractivity contribution in [3.05, 3.63) is 86.5 Å². The van der Waals surface area contributed by atoms with Crippen molar-refractivity contribution in [2.45, 2.75) is 12.6 Å². The quantitative estimate of drug-likeness (QED) is 0.683. The second-order valence-corrected chi connectivity index (χ2v) is 6.78. The van der Waals surface area contributed by atoms with Gasteiger partial charge in [-0.05, 0) is 35.4 Å². The van der Waals surface area contributed by atoms with Crippen LogP contribution < -0.4 is 5.32 Å². The van der Waals surface area contributed by atoms with E-state index in [1.165, 1.54) is 6.07 Å². The van der Waals surface area contributed by atoms with Gasteiger partial charge in [-0.2, -0.15) is 0 Å². The molecule has 0 bridgehead atoms. The SMILES string of the molecule is Fc1cccc(C(NCc2cncs2)c2cccc(Br)c2)c1. The number of rotatable bonds is 5. The van der Waals surface area contributed by atoms with Gasteiger partial charge in [-0.1, -0.05) is 40.2 Å². The predicted molar refractivity (Wildman–Crippen MR) is 91.3 cm³/mol. The van der Waals surface area contributed by atoms with Crippen LogP contribution >= 0.6 is 27.3 Å². The molecule has 0 radical (unpaired) electrons. The summed E-state index contributed by atoms with van der Waals surface area (Å²) in [6.45, 7) is 0.693. The summed E-state index contributed by atoms with van der Waals surface area (Å²) in [5.74, 6) is -0.225. The van der Waals surface area contributed by atoms with Crippen molar-refractivity contribution >= 4 is 27.3 Å². The van der Waals surface area contributed by atoms with E-state index in [-0.39, 0.29) is 11.9 Å². The third-order valence-electron chi connectivity index (χ3n) is 3.33. The number of nitrogens with one attached hydrogen (secondary N) is 1. The molecule has 0 saturated carbocycles. The van der Waals surface area contributed by atoms with Crippen molar-refractivity contribution in [2.75, 3.05) is 0 Å². The lowest BCUT2D eigenvalue weighted by Gasteiger charge is -2.20. The van der Waals surface area contributed by atoms with Crippen molar-refractivity contribution in [3.63, 3.8) is 0 Å². The molecule has 22 heavy (non-hydrogen) atoms. The molecule has 5 heteroatoms. The summed E-state index contributed by atoms with van der Waals surface area (Å²) < 4.78 is 14.6. The van der Waals surface area contributed by atoms with Crippen LogP contribution in [0.4, 0.5) is 4.39 Å². The molecule has 112 valence electrons. The molecule has 0 aliphatic heterocycles. The molecule has 1 heterocycles. The minimum atomic E-state index is -0.225. The van der Waals surface area contributed by atoms with Gasteiger partial charge in [0.1, 0.15) is 5.82 Å². The van der Waals surface area contributed by atoms with Crippen molar-refractivity contribution < 1.29 is 4.39 Å². The van der Waals surface area contributed by atoms with E-state index in [0.29, 0.717) is 6.54 Å². The van der Waals surface area contributed by atoms with E-state index in [4.69, 9.17) is 0 Å². The molecular weight excluding hydrogens is 363 g/mol. The number of aromatic nitrogens is 1. The second kappa shape index (κ2) is 7.13. The van der Waals surface area contributed by atoms with Crippen molar-refractivity contribution in [3.8, 4) is 0 Å². The Bertz CT molecular complexity index is 700. The van der Waals surface area contributed by atoms with Gasteiger partial charge in [-0.3, -0.25) is 4.98 Å². The highest BCUT2D eigenvalue weighted by Crippen LogP contribution is 2.26. The van der Waals surface area contributed by atoms with Gasteiger partial charge in [0.25, 0.3) is 0 Å². The Balaban J connectivity index is 1.91. The maximum Gasteiger partial charge on any atom is 0.123 e. The van der Waals surface area contributed by atoms with Crippen LogP contribution in [-0.4, -0.2) is 4.98 Å². The Morgan fingerprint density at radius 3 is 2.59 bits per heavy atom. The molecule has 0 aliphatic carbocycles. The van der Waals surface area contributed by atoms with Gasteiger partial charge >= 0.3 is 0 Å². The average Bonchev–Trinajstić information content (AvgIpc) is 3.01. The van der Waals surface area contributed by atoms with E-state index in [1.807, 2.05) is 36.0 Å².